The minimum Gasteiger partial charge on any atom is -0.192 e. The Bertz CT molecular complexity index is 313. The second-order valence-electron chi connectivity index (χ2n) is 2.46. The van der Waals surface area contributed by atoms with E-state index < -0.39 is 0 Å². The number of halogens is 1. The summed E-state index contributed by atoms with van der Waals surface area (Å²) in [6.07, 6.45) is 3.53. The van der Waals surface area contributed by atoms with Gasteiger partial charge < -0.3 is 0 Å². The van der Waals surface area contributed by atoms with Crippen molar-refractivity contribution in [2.45, 2.75) is 26.7 Å². The van der Waals surface area contributed by atoms with E-state index in [4.69, 9.17) is 10.5 Å². The molecule has 0 aliphatic rings. The normalized spacial score (nSPS) is 12.8. The SMILES string of the molecule is C/C=C(C#N)\C(C#N)=C(/I)CCC. The van der Waals surface area contributed by atoms with Gasteiger partial charge in [-0.2, -0.15) is 10.5 Å². The molecule has 0 fully saturated rings. The summed E-state index contributed by atoms with van der Waals surface area (Å²) in [6.45, 7) is 3.82. The summed E-state index contributed by atoms with van der Waals surface area (Å²) in [4.78, 5) is 0. The molecule has 0 aromatic heterocycles. The highest BCUT2D eigenvalue weighted by atomic mass is 127. The van der Waals surface area contributed by atoms with E-state index >= 15 is 0 Å². The Morgan fingerprint density at radius 1 is 1.38 bits per heavy atom. The van der Waals surface area contributed by atoms with Crippen molar-refractivity contribution in [1.29, 1.82) is 10.5 Å². The van der Waals surface area contributed by atoms with E-state index in [0.717, 1.165) is 16.4 Å². The third-order valence-corrected chi connectivity index (χ3v) is 2.61. The molecule has 0 bridgehead atoms. The van der Waals surface area contributed by atoms with Crippen molar-refractivity contribution >= 4 is 22.6 Å². The Kier molecular flexibility index (Phi) is 6.26. The Morgan fingerprint density at radius 3 is 2.31 bits per heavy atom. The lowest BCUT2D eigenvalue weighted by molar-refractivity contribution is 0.949. The first-order valence-electron chi connectivity index (χ1n) is 4.06. The standard InChI is InChI=1S/C10H11IN2/c1-3-5-10(11)9(7-13)8(4-2)6-12/h4H,3,5H2,1-2H3/b8-4-,10-9-. The van der Waals surface area contributed by atoms with Crippen LogP contribution in [0.5, 0.6) is 0 Å². The molecular formula is C10H11IN2. The number of allylic oxidation sites excluding steroid dienone is 4. The van der Waals surface area contributed by atoms with Crippen LogP contribution in [0.2, 0.25) is 0 Å². The minimum atomic E-state index is 0.473. The second-order valence-corrected chi connectivity index (χ2v) is 3.76. The quantitative estimate of drug-likeness (QED) is 0.453. The summed E-state index contributed by atoms with van der Waals surface area (Å²) in [5.41, 5.74) is 0.993. The molecule has 13 heavy (non-hydrogen) atoms. The van der Waals surface area contributed by atoms with Gasteiger partial charge in [-0.1, -0.05) is 19.4 Å². The fourth-order valence-corrected chi connectivity index (χ4v) is 1.83. The average molecular weight is 286 g/mol. The van der Waals surface area contributed by atoms with Gasteiger partial charge in [-0.05, 0) is 35.9 Å². The molecular weight excluding hydrogens is 275 g/mol. The third kappa shape index (κ3) is 3.61. The van der Waals surface area contributed by atoms with Crippen LogP contribution in [0.3, 0.4) is 0 Å². The summed E-state index contributed by atoms with van der Waals surface area (Å²) < 4.78 is 0.970. The van der Waals surface area contributed by atoms with Crippen molar-refractivity contribution in [3.05, 3.63) is 20.8 Å². The summed E-state index contributed by atoms with van der Waals surface area (Å²) >= 11 is 2.13. The fourth-order valence-electron chi connectivity index (χ4n) is 0.876. The molecule has 0 heterocycles. The molecule has 0 rings (SSSR count). The number of hydrogen-bond acceptors (Lipinski definition) is 2. The van der Waals surface area contributed by atoms with Crippen LogP contribution in [-0.4, -0.2) is 0 Å². The van der Waals surface area contributed by atoms with Gasteiger partial charge in [0.2, 0.25) is 0 Å². The Balaban J connectivity index is 5.03. The molecule has 0 spiro atoms. The van der Waals surface area contributed by atoms with E-state index in [1.165, 1.54) is 0 Å². The molecule has 0 atom stereocenters. The molecule has 0 saturated heterocycles. The van der Waals surface area contributed by atoms with Crippen molar-refractivity contribution in [2.75, 3.05) is 0 Å². The van der Waals surface area contributed by atoms with Crippen LogP contribution >= 0.6 is 22.6 Å². The van der Waals surface area contributed by atoms with E-state index in [9.17, 15) is 0 Å². The summed E-state index contributed by atoms with van der Waals surface area (Å²) in [5, 5.41) is 17.6. The molecule has 2 nitrogen and oxygen atoms in total. The number of hydrogen-bond donors (Lipinski definition) is 0. The lowest BCUT2D eigenvalue weighted by Gasteiger charge is -1.99. The van der Waals surface area contributed by atoms with E-state index in [2.05, 4.69) is 35.6 Å². The van der Waals surface area contributed by atoms with Gasteiger partial charge in [-0.15, -0.1) is 0 Å². The van der Waals surface area contributed by atoms with E-state index in [1.807, 2.05) is 6.07 Å². The van der Waals surface area contributed by atoms with Crippen molar-refractivity contribution in [2.24, 2.45) is 0 Å². The predicted octanol–water partition coefficient (Wildman–Crippen LogP) is 3.47. The third-order valence-electron chi connectivity index (χ3n) is 1.53. The first-order chi connectivity index (χ1) is 6.21. The van der Waals surface area contributed by atoms with Crippen LogP contribution in [0, 0.1) is 22.7 Å². The molecule has 0 aromatic carbocycles. The van der Waals surface area contributed by atoms with Crippen molar-refractivity contribution in [3.63, 3.8) is 0 Å². The van der Waals surface area contributed by atoms with Gasteiger partial charge in [0.25, 0.3) is 0 Å². The average Bonchev–Trinajstić information content (AvgIpc) is 2.14. The molecule has 0 amide bonds. The Hall–Kier alpha value is -0.810. The fraction of sp³-hybridized carbons (Fsp3) is 0.400. The van der Waals surface area contributed by atoms with Crippen molar-refractivity contribution < 1.29 is 0 Å². The van der Waals surface area contributed by atoms with Crippen LogP contribution in [-0.2, 0) is 0 Å². The zero-order chi connectivity index (χ0) is 10.3. The first kappa shape index (κ1) is 12.2. The van der Waals surface area contributed by atoms with Gasteiger partial charge in [0.15, 0.2) is 0 Å². The summed E-state index contributed by atoms with van der Waals surface area (Å²) in [7, 11) is 0. The van der Waals surface area contributed by atoms with Crippen molar-refractivity contribution in [3.8, 4) is 12.1 Å². The Labute approximate surface area is 92.7 Å². The first-order valence-corrected chi connectivity index (χ1v) is 5.14. The van der Waals surface area contributed by atoms with Crippen LogP contribution in [0.15, 0.2) is 20.8 Å². The molecule has 0 aromatic rings. The zero-order valence-electron chi connectivity index (χ0n) is 7.76. The lowest BCUT2D eigenvalue weighted by atomic mass is 10.1. The molecule has 0 radical (unpaired) electrons. The second kappa shape index (κ2) is 6.68. The van der Waals surface area contributed by atoms with Crippen molar-refractivity contribution in [1.82, 2.24) is 0 Å². The maximum atomic E-state index is 8.85. The highest BCUT2D eigenvalue weighted by Crippen LogP contribution is 2.23. The topological polar surface area (TPSA) is 47.6 Å². The van der Waals surface area contributed by atoms with Crippen LogP contribution < -0.4 is 0 Å². The van der Waals surface area contributed by atoms with Gasteiger partial charge in [0.1, 0.15) is 12.1 Å². The van der Waals surface area contributed by atoms with Gasteiger partial charge in [-0.3, -0.25) is 0 Å². The van der Waals surface area contributed by atoms with E-state index in [-0.39, 0.29) is 0 Å². The monoisotopic (exact) mass is 286 g/mol. The van der Waals surface area contributed by atoms with Gasteiger partial charge >= 0.3 is 0 Å². The molecule has 0 saturated carbocycles. The maximum Gasteiger partial charge on any atom is 0.101 e. The van der Waals surface area contributed by atoms with Crippen LogP contribution in [0.4, 0.5) is 0 Å². The molecule has 0 aliphatic carbocycles. The van der Waals surface area contributed by atoms with Crippen LogP contribution in [0.25, 0.3) is 0 Å². The summed E-state index contributed by atoms with van der Waals surface area (Å²) in [6, 6.07) is 4.09. The molecule has 0 aliphatic heterocycles. The zero-order valence-corrected chi connectivity index (χ0v) is 9.92. The Morgan fingerprint density at radius 2 is 2.00 bits per heavy atom. The smallest absolute Gasteiger partial charge is 0.101 e. The number of nitrogens with zero attached hydrogens (tertiary/aromatic N) is 2. The maximum absolute atomic E-state index is 8.85. The molecule has 68 valence electrons. The minimum absolute atomic E-state index is 0.473. The number of nitriles is 2. The van der Waals surface area contributed by atoms with Gasteiger partial charge in [-0.25, -0.2) is 0 Å². The molecule has 0 N–H and O–H groups in total. The molecule has 0 unspecified atom stereocenters. The lowest BCUT2D eigenvalue weighted by Crippen LogP contribution is -1.87. The number of rotatable bonds is 3. The highest BCUT2D eigenvalue weighted by molar-refractivity contribution is 14.1. The van der Waals surface area contributed by atoms with Crippen LogP contribution in [0.1, 0.15) is 26.7 Å². The largest absolute Gasteiger partial charge is 0.192 e. The van der Waals surface area contributed by atoms with E-state index in [0.29, 0.717) is 11.1 Å². The van der Waals surface area contributed by atoms with Gasteiger partial charge in [0.05, 0.1) is 11.1 Å². The molecule has 3 heteroatoms. The van der Waals surface area contributed by atoms with Gasteiger partial charge in [0, 0.05) is 3.58 Å². The highest BCUT2D eigenvalue weighted by Gasteiger charge is 2.07. The summed E-state index contributed by atoms with van der Waals surface area (Å²) in [5.74, 6) is 0. The predicted molar refractivity (Wildman–Crippen MR) is 60.9 cm³/mol. The van der Waals surface area contributed by atoms with E-state index in [1.54, 1.807) is 13.0 Å².